The van der Waals surface area contributed by atoms with Crippen molar-refractivity contribution in [2.45, 2.75) is 39.0 Å². The Kier molecular flexibility index (Phi) is 7.05. The van der Waals surface area contributed by atoms with Gasteiger partial charge in [-0.05, 0) is 56.1 Å². The summed E-state index contributed by atoms with van der Waals surface area (Å²) in [5.74, 6) is -0.209. The fourth-order valence-electron chi connectivity index (χ4n) is 5.44. The van der Waals surface area contributed by atoms with Crippen LogP contribution in [0.2, 0.25) is 0 Å². The van der Waals surface area contributed by atoms with E-state index < -0.39 is 5.92 Å². The number of nitrogens with zero attached hydrogens (tertiary/aromatic N) is 2. The molecule has 2 unspecified atom stereocenters. The number of carbonyl (C=O) groups is 3. The monoisotopic (exact) mass is 454 g/mol. The molecule has 0 saturated carbocycles. The predicted molar refractivity (Wildman–Crippen MR) is 123 cm³/mol. The molecule has 178 valence electrons. The molecule has 0 N–H and O–H groups in total. The summed E-state index contributed by atoms with van der Waals surface area (Å²) in [5.41, 5.74) is 1.08. The Morgan fingerprint density at radius 3 is 2.27 bits per heavy atom. The van der Waals surface area contributed by atoms with Gasteiger partial charge in [-0.3, -0.25) is 14.4 Å². The van der Waals surface area contributed by atoms with E-state index in [1.54, 1.807) is 0 Å². The van der Waals surface area contributed by atoms with Crippen molar-refractivity contribution >= 4 is 17.8 Å². The first-order valence-corrected chi connectivity index (χ1v) is 11.9. The highest BCUT2D eigenvalue weighted by Crippen LogP contribution is 2.42. The summed E-state index contributed by atoms with van der Waals surface area (Å²) in [5, 5.41) is 0. The van der Waals surface area contributed by atoms with Gasteiger partial charge in [-0.1, -0.05) is 30.4 Å². The summed E-state index contributed by atoms with van der Waals surface area (Å²) in [6.07, 6.45) is 7.83. The Morgan fingerprint density at radius 2 is 1.61 bits per heavy atom. The standard InChI is InChI=1S/C26H34N2O5/c1-19-7-3-6-10-22(19)33-17-23(29)27-14-11-26(12-15-27)13-16-28(18-26)24(30)20-8-4-5-9-21(20)25(31)32-2/h3-7,10,20-21H,8-9,11-18H2,1-2H3. The number of likely N-dealkylation sites (tertiary alicyclic amines) is 2. The average Bonchev–Trinajstić information content (AvgIpc) is 3.26. The number of rotatable bonds is 5. The van der Waals surface area contributed by atoms with Gasteiger partial charge in [0.25, 0.3) is 5.91 Å². The summed E-state index contributed by atoms with van der Waals surface area (Å²) in [6.45, 7) is 4.82. The van der Waals surface area contributed by atoms with Crippen LogP contribution < -0.4 is 4.74 Å². The molecule has 1 aromatic rings. The third-order valence-electron chi connectivity index (χ3n) is 7.63. The Hall–Kier alpha value is -2.83. The number of carbonyl (C=O) groups excluding carboxylic acids is 3. The van der Waals surface area contributed by atoms with Crippen LogP contribution in [-0.4, -0.2) is 67.5 Å². The Balaban J connectivity index is 1.29. The van der Waals surface area contributed by atoms with Crippen LogP contribution in [0.4, 0.5) is 0 Å². The summed E-state index contributed by atoms with van der Waals surface area (Å²) >= 11 is 0. The molecule has 33 heavy (non-hydrogen) atoms. The molecular weight excluding hydrogens is 420 g/mol. The van der Waals surface area contributed by atoms with Crippen molar-refractivity contribution in [3.05, 3.63) is 42.0 Å². The van der Waals surface area contributed by atoms with E-state index in [2.05, 4.69) is 0 Å². The Labute approximate surface area is 195 Å². The number of para-hydroxylation sites is 1. The lowest BCUT2D eigenvalue weighted by Gasteiger charge is -2.39. The fraction of sp³-hybridized carbons (Fsp3) is 0.577. The second-order valence-electron chi connectivity index (χ2n) is 9.62. The molecule has 7 heteroatoms. The van der Waals surface area contributed by atoms with Gasteiger partial charge in [-0.25, -0.2) is 0 Å². The maximum absolute atomic E-state index is 13.3. The molecule has 1 spiro atoms. The maximum Gasteiger partial charge on any atom is 0.309 e. The number of aryl methyl sites for hydroxylation is 1. The molecule has 3 aliphatic rings. The van der Waals surface area contributed by atoms with Crippen molar-refractivity contribution in [1.82, 2.24) is 9.80 Å². The van der Waals surface area contributed by atoms with Crippen LogP contribution in [0, 0.1) is 24.2 Å². The summed E-state index contributed by atoms with van der Waals surface area (Å²) < 4.78 is 10.7. The van der Waals surface area contributed by atoms with Gasteiger partial charge >= 0.3 is 5.97 Å². The number of methoxy groups -OCH3 is 1. The topological polar surface area (TPSA) is 76.2 Å². The molecule has 2 saturated heterocycles. The van der Waals surface area contributed by atoms with Gasteiger partial charge in [0.2, 0.25) is 5.91 Å². The zero-order chi connectivity index (χ0) is 23.4. The molecule has 2 aliphatic heterocycles. The van der Waals surface area contributed by atoms with Crippen LogP contribution >= 0.6 is 0 Å². The van der Waals surface area contributed by atoms with Crippen molar-refractivity contribution < 1.29 is 23.9 Å². The van der Waals surface area contributed by atoms with Gasteiger partial charge in [-0.2, -0.15) is 0 Å². The maximum atomic E-state index is 13.3. The van der Waals surface area contributed by atoms with Crippen LogP contribution in [0.15, 0.2) is 36.4 Å². The highest BCUT2D eigenvalue weighted by Gasteiger charge is 2.45. The molecule has 1 aliphatic carbocycles. The van der Waals surface area contributed by atoms with E-state index >= 15 is 0 Å². The van der Waals surface area contributed by atoms with E-state index in [1.807, 2.05) is 53.1 Å². The van der Waals surface area contributed by atoms with Gasteiger partial charge < -0.3 is 19.3 Å². The highest BCUT2D eigenvalue weighted by atomic mass is 16.5. The zero-order valence-corrected chi connectivity index (χ0v) is 19.6. The van der Waals surface area contributed by atoms with Crippen LogP contribution in [0.25, 0.3) is 0 Å². The number of benzene rings is 1. The smallest absolute Gasteiger partial charge is 0.309 e. The van der Waals surface area contributed by atoms with Crippen molar-refractivity contribution in [2.75, 3.05) is 39.9 Å². The Bertz CT molecular complexity index is 919. The molecule has 0 bridgehead atoms. The molecule has 4 rings (SSSR count). The van der Waals surface area contributed by atoms with Crippen molar-refractivity contribution in [1.29, 1.82) is 0 Å². The molecule has 2 atom stereocenters. The zero-order valence-electron chi connectivity index (χ0n) is 19.6. The second kappa shape index (κ2) is 9.98. The number of allylic oxidation sites excluding steroid dienone is 2. The lowest BCUT2D eigenvalue weighted by atomic mass is 9.77. The number of hydrogen-bond donors (Lipinski definition) is 0. The molecule has 7 nitrogen and oxygen atoms in total. The summed E-state index contributed by atoms with van der Waals surface area (Å²) in [4.78, 5) is 42.0. The molecule has 1 aromatic carbocycles. The van der Waals surface area contributed by atoms with E-state index in [4.69, 9.17) is 9.47 Å². The minimum atomic E-state index is -0.392. The van der Waals surface area contributed by atoms with Gasteiger partial charge in [0, 0.05) is 26.2 Å². The first-order valence-electron chi connectivity index (χ1n) is 11.9. The number of piperidine rings is 1. The van der Waals surface area contributed by atoms with E-state index in [0.717, 1.165) is 37.1 Å². The van der Waals surface area contributed by atoms with Gasteiger partial charge in [0.15, 0.2) is 6.61 Å². The summed E-state index contributed by atoms with van der Waals surface area (Å²) in [7, 11) is 1.38. The third-order valence-corrected chi connectivity index (χ3v) is 7.63. The third kappa shape index (κ3) is 5.07. The molecule has 2 heterocycles. The van der Waals surface area contributed by atoms with E-state index in [1.165, 1.54) is 7.11 Å². The van der Waals surface area contributed by atoms with Gasteiger partial charge in [-0.15, -0.1) is 0 Å². The summed E-state index contributed by atoms with van der Waals surface area (Å²) in [6, 6.07) is 7.70. The largest absolute Gasteiger partial charge is 0.484 e. The highest BCUT2D eigenvalue weighted by molar-refractivity contribution is 5.86. The van der Waals surface area contributed by atoms with Crippen molar-refractivity contribution in [3.63, 3.8) is 0 Å². The van der Waals surface area contributed by atoms with Crippen molar-refractivity contribution in [3.8, 4) is 5.75 Å². The average molecular weight is 455 g/mol. The van der Waals surface area contributed by atoms with E-state index in [-0.39, 0.29) is 35.7 Å². The molecule has 2 amide bonds. The lowest BCUT2D eigenvalue weighted by molar-refractivity contribution is -0.153. The number of hydrogen-bond acceptors (Lipinski definition) is 5. The second-order valence-corrected chi connectivity index (χ2v) is 9.62. The molecule has 0 aromatic heterocycles. The molecular formula is C26H34N2O5. The predicted octanol–water partition coefficient (Wildman–Crippen LogP) is 2.97. The van der Waals surface area contributed by atoms with Gasteiger partial charge in [0.05, 0.1) is 18.9 Å². The lowest BCUT2D eigenvalue weighted by Crippen LogP contribution is -2.47. The first kappa shape index (κ1) is 23.3. The normalized spacial score (nSPS) is 24.1. The number of esters is 1. The molecule has 0 radical (unpaired) electrons. The van der Waals surface area contributed by atoms with Crippen LogP contribution in [0.5, 0.6) is 5.75 Å². The fourth-order valence-corrected chi connectivity index (χ4v) is 5.44. The minimum Gasteiger partial charge on any atom is -0.484 e. The quantitative estimate of drug-likeness (QED) is 0.505. The van der Waals surface area contributed by atoms with Crippen LogP contribution in [-0.2, 0) is 19.1 Å². The SMILES string of the molecule is COC(=O)C1CC=CCC1C(=O)N1CCC2(CCN(C(=O)COc3ccccc3C)CC2)C1. The Morgan fingerprint density at radius 1 is 0.970 bits per heavy atom. The number of amides is 2. The van der Waals surface area contributed by atoms with Crippen molar-refractivity contribution in [2.24, 2.45) is 17.3 Å². The number of ether oxygens (including phenoxy) is 2. The van der Waals surface area contributed by atoms with Crippen LogP contribution in [0.3, 0.4) is 0 Å². The first-order chi connectivity index (χ1) is 15.9. The van der Waals surface area contributed by atoms with Crippen LogP contribution in [0.1, 0.15) is 37.7 Å². The van der Waals surface area contributed by atoms with Gasteiger partial charge in [0.1, 0.15) is 5.75 Å². The minimum absolute atomic E-state index is 0.00828. The van der Waals surface area contributed by atoms with E-state index in [9.17, 15) is 14.4 Å². The van der Waals surface area contributed by atoms with E-state index in [0.29, 0.717) is 32.5 Å². The molecule has 2 fully saturated rings.